The van der Waals surface area contributed by atoms with Gasteiger partial charge in [0.1, 0.15) is 5.82 Å². The molecule has 4 rings (SSSR count). The van der Waals surface area contributed by atoms with Gasteiger partial charge in [-0.2, -0.15) is 0 Å². The molecule has 118 valence electrons. The summed E-state index contributed by atoms with van der Waals surface area (Å²) < 4.78 is 8.13. The van der Waals surface area contributed by atoms with Crippen LogP contribution in [0.15, 0.2) is 35.0 Å². The number of aryl methyl sites for hydroxylation is 2. The first kappa shape index (κ1) is 14.1. The summed E-state index contributed by atoms with van der Waals surface area (Å²) in [6.45, 7) is 3.10. The summed E-state index contributed by atoms with van der Waals surface area (Å²) in [5.41, 5.74) is 2.09. The lowest BCUT2D eigenvalue weighted by Crippen LogP contribution is -2.18. The average Bonchev–Trinajstić information content (AvgIpc) is 3.21. The highest BCUT2D eigenvalue weighted by Crippen LogP contribution is 2.28. The third-order valence-corrected chi connectivity index (χ3v) is 4.31. The van der Waals surface area contributed by atoms with E-state index in [2.05, 4.69) is 37.9 Å². The molecule has 0 amide bonds. The van der Waals surface area contributed by atoms with E-state index >= 15 is 0 Å². The number of fused-ring (bicyclic) bond motifs is 1. The summed E-state index contributed by atoms with van der Waals surface area (Å²) in [5, 5.41) is 8.43. The van der Waals surface area contributed by atoms with Crippen molar-refractivity contribution in [2.24, 2.45) is 0 Å². The standard InChI is InChI=1S/C17H19N5O/c1-2-13-11-22-8-6-12(9-15(22)19-13)17-21-20-16(23-17)10-14-5-3-4-7-18-14/h3-5,7,11-12H,2,6,8-10H2,1H3. The van der Waals surface area contributed by atoms with Gasteiger partial charge in [-0.15, -0.1) is 10.2 Å². The second-order valence-electron chi connectivity index (χ2n) is 5.92. The number of hydrogen-bond acceptors (Lipinski definition) is 5. The van der Waals surface area contributed by atoms with Gasteiger partial charge in [-0.05, 0) is 25.0 Å². The Morgan fingerprint density at radius 1 is 1.26 bits per heavy atom. The van der Waals surface area contributed by atoms with Crippen LogP contribution in [0.5, 0.6) is 0 Å². The molecule has 1 atom stereocenters. The van der Waals surface area contributed by atoms with Gasteiger partial charge in [0.25, 0.3) is 0 Å². The minimum absolute atomic E-state index is 0.264. The highest BCUT2D eigenvalue weighted by atomic mass is 16.4. The van der Waals surface area contributed by atoms with Crippen LogP contribution in [0.4, 0.5) is 0 Å². The van der Waals surface area contributed by atoms with Crippen molar-refractivity contribution < 1.29 is 4.42 Å². The molecule has 4 heterocycles. The number of pyridine rings is 1. The third kappa shape index (κ3) is 2.88. The maximum atomic E-state index is 5.88. The van der Waals surface area contributed by atoms with E-state index in [-0.39, 0.29) is 5.92 Å². The summed E-state index contributed by atoms with van der Waals surface area (Å²) in [5.74, 6) is 2.74. The van der Waals surface area contributed by atoms with Crippen molar-refractivity contribution in [1.29, 1.82) is 0 Å². The molecule has 1 aliphatic heterocycles. The molecule has 0 aliphatic carbocycles. The predicted octanol–water partition coefficient (Wildman–Crippen LogP) is 2.54. The molecule has 3 aromatic rings. The Morgan fingerprint density at radius 3 is 3.04 bits per heavy atom. The van der Waals surface area contributed by atoms with Crippen LogP contribution in [0, 0.1) is 0 Å². The second-order valence-corrected chi connectivity index (χ2v) is 5.92. The fraction of sp³-hybridized carbons (Fsp3) is 0.412. The van der Waals surface area contributed by atoms with E-state index in [9.17, 15) is 0 Å². The highest BCUT2D eigenvalue weighted by molar-refractivity contribution is 5.12. The monoisotopic (exact) mass is 309 g/mol. The molecule has 6 nitrogen and oxygen atoms in total. The van der Waals surface area contributed by atoms with Gasteiger partial charge in [-0.1, -0.05) is 13.0 Å². The van der Waals surface area contributed by atoms with Crippen LogP contribution in [-0.4, -0.2) is 24.7 Å². The number of aromatic nitrogens is 5. The van der Waals surface area contributed by atoms with Crippen molar-refractivity contribution >= 4 is 0 Å². The zero-order valence-corrected chi connectivity index (χ0v) is 13.1. The molecule has 6 heteroatoms. The van der Waals surface area contributed by atoms with Crippen LogP contribution in [0.1, 0.15) is 48.3 Å². The van der Waals surface area contributed by atoms with Gasteiger partial charge < -0.3 is 8.98 Å². The van der Waals surface area contributed by atoms with Crippen LogP contribution in [0.2, 0.25) is 0 Å². The summed E-state index contributed by atoms with van der Waals surface area (Å²) >= 11 is 0. The van der Waals surface area contributed by atoms with E-state index in [1.54, 1.807) is 6.20 Å². The molecular formula is C17H19N5O. The summed E-state index contributed by atoms with van der Waals surface area (Å²) in [6, 6.07) is 5.83. The van der Waals surface area contributed by atoms with Crippen LogP contribution < -0.4 is 0 Å². The Kier molecular flexibility index (Phi) is 3.65. The lowest BCUT2D eigenvalue weighted by molar-refractivity contribution is 0.367. The summed E-state index contributed by atoms with van der Waals surface area (Å²) in [7, 11) is 0. The molecule has 1 unspecified atom stereocenters. The molecule has 0 saturated heterocycles. The number of nitrogens with zero attached hydrogens (tertiary/aromatic N) is 5. The smallest absolute Gasteiger partial charge is 0.222 e. The fourth-order valence-corrected chi connectivity index (χ4v) is 3.03. The lowest BCUT2D eigenvalue weighted by atomic mass is 9.98. The van der Waals surface area contributed by atoms with Gasteiger partial charge in [0.05, 0.1) is 12.1 Å². The van der Waals surface area contributed by atoms with E-state index in [0.29, 0.717) is 12.3 Å². The minimum Gasteiger partial charge on any atom is -0.425 e. The maximum Gasteiger partial charge on any atom is 0.222 e. The van der Waals surface area contributed by atoms with Crippen molar-refractivity contribution in [1.82, 2.24) is 24.7 Å². The van der Waals surface area contributed by atoms with Crippen molar-refractivity contribution in [3.05, 3.63) is 59.6 Å². The van der Waals surface area contributed by atoms with E-state index in [0.717, 1.165) is 48.9 Å². The van der Waals surface area contributed by atoms with Crippen LogP contribution in [0.3, 0.4) is 0 Å². The fourth-order valence-electron chi connectivity index (χ4n) is 3.03. The normalized spacial score (nSPS) is 17.2. The first-order chi connectivity index (χ1) is 11.3. The van der Waals surface area contributed by atoms with Crippen molar-refractivity contribution in [2.75, 3.05) is 0 Å². The van der Waals surface area contributed by atoms with Gasteiger partial charge >= 0.3 is 0 Å². The predicted molar refractivity (Wildman–Crippen MR) is 84.0 cm³/mol. The Morgan fingerprint density at radius 2 is 2.22 bits per heavy atom. The van der Waals surface area contributed by atoms with E-state index in [1.807, 2.05) is 18.2 Å². The Hall–Kier alpha value is -2.50. The molecule has 3 aromatic heterocycles. The molecule has 0 spiro atoms. The van der Waals surface area contributed by atoms with Crippen molar-refractivity contribution in [3.63, 3.8) is 0 Å². The van der Waals surface area contributed by atoms with Crippen LogP contribution >= 0.6 is 0 Å². The number of imidazole rings is 1. The number of hydrogen-bond donors (Lipinski definition) is 0. The SMILES string of the molecule is CCc1cn2c(n1)CC(c1nnc(Cc3ccccn3)o1)CC2. The van der Waals surface area contributed by atoms with E-state index < -0.39 is 0 Å². The first-order valence-corrected chi connectivity index (χ1v) is 8.09. The topological polar surface area (TPSA) is 69.6 Å². The summed E-state index contributed by atoms with van der Waals surface area (Å²) in [6.07, 6.45) is 7.36. The van der Waals surface area contributed by atoms with Gasteiger partial charge in [-0.25, -0.2) is 4.98 Å². The summed E-state index contributed by atoms with van der Waals surface area (Å²) in [4.78, 5) is 8.98. The van der Waals surface area contributed by atoms with Crippen LogP contribution in [-0.2, 0) is 25.8 Å². The molecule has 0 N–H and O–H groups in total. The molecular weight excluding hydrogens is 290 g/mol. The Balaban J connectivity index is 1.49. The Bertz CT molecular complexity index is 792. The van der Waals surface area contributed by atoms with Gasteiger partial charge in [0, 0.05) is 37.0 Å². The first-order valence-electron chi connectivity index (χ1n) is 8.09. The molecule has 0 fully saturated rings. The van der Waals surface area contributed by atoms with Crippen LogP contribution in [0.25, 0.3) is 0 Å². The van der Waals surface area contributed by atoms with E-state index in [4.69, 9.17) is 4.42 Å². The zero-order chi connectivity index (χ0) is 15.6. The molecule has 0 radical (unpaired) electrons. The minimum atomic E-state index is 0.264. The number of rotatable bonds is 4. The quantitative estimate of drug-likeness (QED) is 0.740. The molecule has 0 aromatic carbocycles. The lowest BCUT2D eigenvalue weighted by Gasteiger charge is -2.20. The second kappa shape index (κ2) is 5.95. The zero-order valence-electron chi connectivity index (χ0n) is 13.1. The van der Waals surface area contributed by atoms with Gasteiger partial charge in [0.2, 0.25) is 11.8 Å². The third-order valence-electron chi connectivity index (χ3n) is 4.31. The van der Waals surface area contributed by atoms with Crippen molar-refractivity contribution in [3.8, 4) is 0 Å². The molecule has 0 saturated carbocycles. The van der Waals surface area contributed by atoms with E-state index in [1.165, 1.54) is 0 Å². The largest absolute Gasteiger partial charge is 0.425 e. The Labute approximate surface area is 134 Å². The molecule has 0 bridgehead atoms. The molecule has 1 aliphatic rings. The van der Waals surface area contributed by atoms with Gasteiger partial charge in [0.15, 0.2) is 0 Å². The maximum absolute atomic E-state index is 5.88. The highest BCUT2D eigenvalue weighted by Gasteiger charge is 2.26. The van der Waals surface area contributed by atoms with Gasteiger partial charge in [-0.3, -0.25) is 4.98 Å². The van der Waals surface area contributed by atoms with Crippen molar-refractivity contribution in [2.45, 2.75) is 45.1 Å². The molecule has 23 heavy (non-hydrogen) atoms. The average molecular weight is 309 g/mol.